The number of nitrogens with two attached hydrogens (primary N) is 1. The molecule has 3 rings (SSSR count). The van der Waals surface area contributed by atoms with Gasteiger partial charge in [0.1, 0.15) is 0 Å². The molecule has 24 heavy (non-hydrogen) atoms. The van der Waals surface area contributed by atoms with Crippen LogP contribution in [0.5, 0.6) is 11.5 Å². The number of benzene rings is 2. The molecule has 7 nitrogen and oxygen atoms in total. The van der Waals surface area contributed by atoms with E-state index < -0.39 is 12.1 Å². The Morgan fingerprint density at radius 1 is 1.08 bits per heavy atom. The lowest BCUT2D eigenvalue weighted by molar-refractivity contribution is -0.116. The van der Waals surface area contributed by atoms with Crippen molar-refractivity contribution < 1.29 is 19.1 Å². The summed E-state index contributed by atoms with van der Waals surface area (Å²) in [6, 6.07) is 13.2. The Bertz CT molecular complexity index is 749. The molecule has 2 aromatic rings. The molecule has 0 radical (unpaired) electrons. The van der Waals surface area contributed by atoms with Gasteiger partial charge < -0.3 is 25.8 Å². The minimum Gasteiger partial charge on any atom is -0.454 e. The Morgan fingerprint density at radius 2 is 1.83 bits per heavy atom. The minimum atomic E-state index is -0.681. The first-order valence-corrected chi connectivity index (χ1v) is 7.42. The lowest BCUT2D eigenvalue weighted by Crippen LogP contribution is -2.35. The normalized spacial score (nSPS) is 13.2. The first-order valence-electron chi connectivity index (χ1n) is 7.42. The summed E-state index contributed by atoms with van der Waals surface area (Å²) in [4.78, 5) is 23.5. The maximum absolute atomic E-state index is 12.3. The fraction of sp³-hybridized carbons (Fsp3) is 0.176. The molecule has 2 aromatic carbocycles. The van der Waals surface area contributed by atoms with Crippen molar-refractivity contribution in [1.29, 1.82) is 0 Å². The number of anilines is 1. The van der Waals surface area contributed by atoms with Crippen LogP contribution in [0.4, 0.5) is 10.5 Å². The first-order chi connectivity index (χ1) is 11.6. The van der Waals surface area contributed by atoms with E-state index in [-0.39, 0.29) is 19.1 Å². The van der Waals surface area contributed by atoms with Crippen LogP contribution in [0, 0.1) is 0 Å². The molecule has 0 bridgehead atoms. The fourth-order valence-electron chi connectivity index (χ4n) is 2.48. The van der Waals surface area contributed by atoms with Crippen molar-refractivity contribution in [3.05, 3.63) is 54.1 Å². The molecular weight excluding hydrogens is 310 g/mol. The lowest BCUT2D eigenvalue weighted by Gasteiger charge is -2.17. The Kier molecular flexibility index (Phi) is 4.51. The number of carbonyl (C=O) groups is 2. The van der Waals surface area contributed by atoms with Crippen molar-refractivity contribution in [2.45, 2.75) is 12.5 Å². The van der Waals surface area contributed by atoms with Crippen molar-refractivity contribution >= 4 is 17.6 Å². The Hall–Kier alpha value is -3.22. The van der Waals surface area contributed by atoms with Gasteiger partial charge in [0.25, 0.3) is 0 Å². The Balaban J connectivity index is 1.68. The van der Waals surface area contributed by atoms with Gasteiger partial charge in [0.05, 0.1) is 12.5 Å². The third kappa shape index (κ3) is 3.75. The van der Waals surface area contributed by atoms with Gasteiger partial charge in [-0.05, 0) is 17.7 Å². The van der Waals surface area contributed by atoms with E-state index in [0.717, 1.165) is 5.56 Å². The average Bonchev–Trinajstić information content (AvgIpc) is 3.02. The Morgan fingerprint density at radius 3 is 2.58 bits per heavy atom. The predicted octanol–water partition coefficient (Wildman–Crippen LogP) is 2.15. The molecule has 1 atom stereocenters. The highest BCUT2D eigenvalue weighted by molar-refractivity contribution is 5.92. The van der Waals surface area contributed by atoms with E-state index in [0.29, 0.717) is 17.2 Å². The second-order valence-electron chi connectivity index (χ2n) is 5.29. The summed E-state index contributed by atoms with van der Waals surface area (Å²) in [7, 11) is 0. The summed E-state index contributed by atoms with van der Waals surface area (Å²) in [5.41, 5.74) is 6.60. The molecule has 1 unspecified atom stereocenters. The molecule has 1 aliphatic heterocycles. The first kappa shape index (κ1) is 15.7. The van der Waals surface area contributed by atoms with Crippen molar-refractivity contribution in [1.82, 2.24) is 5.32 Å². The zero-order chi connectivity index (χ0) is 16.9. The van der Waals surface area contributed by atoms with Crippen LogP contribution in [0.1, 0.15) is 18.0 Å². The number of rotatable bonds is 5. The molecule has 3 amide bonds. The van der Waals surface area contributed by atoms with Crippen LogP contribution in [0.15, 0.2) is 48.5 Å². The molecule has 0 spiro atoms. The average molecular weight is 327 g/mol. The highest BCUT2D eigenvalue weighted by atomic mass is 16.7. The number of primary amides is 1. The zero-order valence-electron chi connectivity index (χ0n) is 12.8. The van der Waals surface area contributed by atoms with Crippen LogP contribution >= 0.6 is 0 Å². The maximum atomic E-state index is 12.3. The molecule has 1 heterocycles. The molecule has 0 aliphatic carbocycles. The van der Waals surface area contributed by atoms with Crippen LogP contribution < -0.4 is 25.8 Å². The molecule has 0 fully saturated rings. The molecule has 1 aliphatic rings. The van der Waals surface area contributed by atoms with E-state index in [1.165, 1.54) is 0 Å². The van der Waals surface area contributed by atoms with Gasteiger partial charge in [0.15, 0.2) is 11.5 Å². The van der Waals surface area contributed by atoms with Crippen LogP contribution in [-0.4, -0.2) is 18.7 Å². The molecule has 4 N–H and O–H groups in total. The second-order valence-corrected chi connectivity index (χ2v) is 5.29. The van der Waals surface area contributed by atoms with Gasteiger partial charge in [-0.1, -0.05) is 30.3 Å². The number of nitrogens with one attached hydrogen (secondary N) is 2. The summed E-state index contributed by atoms with van der Waals surface area (Å²) < 4.78 is 10.5. The SMILES string of the molecule is NC(=O)NC(CC(=O)Nc1ccc2c(c1)OCO2)c1ccccc1. The summed E-state index contributed by atoms with van der Waals surface area (Å²) in [6.07, 6.45) is 0.0569. The van der Waals surface area contributed by atoms with Gasteiger partial charge in [-0.25, -0.2) is 4.79 Å². The van der Waals surface area contributed by atoms with E-state index >= 15 is 0 Å². The van der Waals surface area contributed by atoms with Gasteiger partial charge in [0, 0.05) is 11.8 Å². The van der Waals surface area contributed by atoms with Crippen molar-refractivity contribution in [2.75, 3.05) is 12.1 Å². The monoisotopic (exact) mass is 327 g/mol. The van der Waals surface area contributed by atoms with Gasteiger partial charge in [-0.15, -0.1) is 0 Å². The highest BCUT2D eigenvalue weighted by Gasteiger charge is 2.19. The molecule has 0 aromatic heterocycles. The molecule has 124 valence electrons. The van der Waals surface area contributed by atoms with E-state index in [1.807, 2.05) is 30.3 Å². The number of hydrogen-bond donors (Lipinski definition) is 3. The largest absolute Gasteiger partial charge is 0.454 e. The summed E-state index contributed by atoms with van der Waals surface area (Å²) in [5.74, 6) is 0.977. The zero-order valence-corrected chi connectivity index (χ0v) is 12.8. The number of hydrogen-bond acceptors (Lipinski definition) is 4. The quantitative estimate of drug-likeness (QED) is 0.783. The van der Waals surface area contributed by atoms with Gasteiger partial charge in [-0.3, -0.25) is 4.79 Å². The van der Waals surface area contributed by atoms with Crippen LogP contribution in [0.3, 0.4) is 0 Å². The van der Waals surface area contributed by atoms with Crippen molar-refractivity contribution in [2.24, 2.45) is 5.73 Å². The number of amides is 3. The van der Waals surface area contributed by atoms with Crippen molar-refractivity contribution in [3.63, 3.8) is 0 Å². The van der Waals surface area contributed by atoms with E-state index in [2.05, 4.69) is 10.6 Å². The fourth-order valence-corrected chi connectivity index (χ4v) is 2.48. The smallest absolute Gasteiger partial charge is 0.312 e. The van der Waals surface area contributed by atoms with Crippen LogP contribution in [0.25, 0.3) is 0 Å². The van der Waals surface area contributed by atoms with Gasteiger partial charge in [-0.2, -0.15) is 0 Å². The molecule has 7 heteroatoms. The topological polar surface area (TPSA) is 103 Å². The van der Waals surface area contributed by atoms with Gasteiger partial charge >= 0.3 is 6.03 Å². The van der Waals surface area contributed by atoms with E-state index in [9.17, 15) is 9.59 Å². The summed E-state index contributed by atoms with van der Waals surface area (Å²) in [6.45, 7) is 0.172. The standard InChI is InChI=1S/C17H17N3O4/c18-17(22)20-13(11-4-2-1-3-5-11)9-16(21)19-12-6-7-14-15(8-12)24-10-23-14/h1-8,13H,9-10H2,(H,19,21)(H3,18,20,22). The maximum Gasteiger partial charge on any atom is 0.312 e. The van der Waals surface area contributed by atoms with E-state index in [4.69, 9.17) is 15.2 Å². The number of carbonyl (C=O) groups excluding carboxylic acids is 2. The van der Waals surface area contributed by atoms with Crippen LogP contribution in [-0.2, 0) is 4.79 Å². The van der Waals surface area contributed by atoms with Gasteiger partial charge in [0.2, 0.25) is 12.7 Å². The second kappa shape index (κ2) is 6.91. The van der Waals surface area contributed by atoms with Crippen molar-refractivity contribution in [3.8, 4) is 11.5 Å². The third-order valence-electron chi connectivity index (χ3n) is 3.56. The third-order valence-corrected chi connectivity index (χ3v) is 3.56. The predicted molar refractivity (Wildman–Crippen MR) is 87.7 cm³/mol. The molecule has 0 saturated heterocycles. The van der Waals surface area contributed by atoms with E-state index in [1.54, 1.807) is 18.2 Å². The lowest BCUT2D eigenvalue weighted by atomic mass is 10.0. The number of urea groups is 1. The molecular formula is C17H17N3O4. The summed E-state index contributed by atoms with van der Waals surface area (Å²) in [5, 5.41) is 5.37. The minimum absolute atomic E-state index is 0.0569. The number of fused-ring (bicyclic) bond motifs is 1. The van der Waals surface area contributed by atoms with Crippen LogP contribution in [0.2, 0.25) is 0 Å². The highest BCUT2D eigenvalue weighted by Crippen LogP contribution is 2.34. The molecule has 0 saturated carbocycles. The summed E-state index contributed by atoms with van der Waals surface area (Å²) >= 11 is 0. The Labute approximate surface area is 138 Å². The number of ether oxygens (including phenoxy) is 2.